The lowest BCUT2D eigenvalue weighted by Crippen LogP contribution is -2.49. The maximum Gasteiger partial charge on any atom is 0.0610 e. The topological polar surface area (TPSA) is 44.7 Å². The van der Waals surface area contributed by atoms with Crippen molar-refractivity contribution in [2.75, 3.05) is 33.4 Å². The zero-order chi connectivity index (χ0) is 15.6. The molecular formula is C16H36N2O2. The van der Waals surface area contributed by atoms with Crippen LogP contribution >= 0.6 is 0 Å². The Morgan fingerprint density at radius 2 is 1.90 bits per heavy atom. The highest BCUT2D eigenvalue weighted by atomic mass is 16.5. The Labute approximate surface area is 125 Å². The highest BCUT2D eigenvalue weighted by Gasteiger charge is 2.24. The van der Waals surface area contributed by atoms with Crippen LogP contribution in [-0.2, 0) is 4.74 Å². The number of hydrogen-bond donors (Lipinski definition) is 2. The molecule has 4 heteroatoms. The smallest absolute Gasteiger partial charge is 0.0610 e. The predicted molar refractivity (Wildman–Crippen MR) is 86.2 cm³/mol. The summed E-state index contributed by atoms with van der Waals surface area (Å²) in [6.07, 6.45) is 3.23. The van der Waals surface area contributed by atoms with Crippen molar-refractivity contribution in [3.8, 4) is 0 Å². The van der Waals surface area contributed by atoms with Crippen molar-refractivity contribution in [1.29, 1.82) is 0 Å². The Bertz CT molecular complexity index is 237. The van der Waals surface area contributed by atoms with Crippen LogP contribution < -0.4 is 5.32 Å². The zero-order valence-electron chi connectivity index (χ0n) is 14.4. The summed E-state index contributed by atoms with van der Waals surface area (Å²) in [5.41, 5.74) is -0.170. The van der Waals surface area contributed by atoms with Gasteiger partial charge in [-0.15, -0.1) is 0 Å². The molecule has 2 unspecified atom stereocenters. The molecule has 2 N–H and O–H groups in total. The van der Waals surface area contributed by atoms with Crippen molar-refractivity contribution >= 4 is 0 Å². The van der Waals surface area contributed by atoms with E-state index in [0.29, 0.717) is 12.1 Å². The number of rotatable bonds is 12. The number of aliphatic hydroxyl groups is 1. The largest absolute Gasteiger partial charge is 0.394 e. The van der Waals surface area contributed by atoms with Gasteiger partial charge < -0.3 is 15.2 Å². The van der Waals surface area contributed by atoms with Gasteiger partial charge in [0.1, 0.15) is 0 Å². The predicted octanol–water partition coefficient (Wildman–Crippen LogP) is 2.26. The molecule has 0 bridgehead atoms. The molecular weight excluding hydrogens is 252 g/mol. The average Bonchev–Trinajstić information content (AvgIpc) is 2.41. The summed E-state index contributed by atoms with van der Waals surface area (Å²) in [6.45, 7) is 13.9. The average molecular weight is 288 g/mol. The van der Waals surface area contributed by atoms with Gasteiger partial charge in [0, 0.05) is 31.3 Å². The standard InChI is InChI=1S/C16H36N2O2/c1-7-15(4)18(11-12-20-6)10-8-9-16(5,13-19)17-14(2)3/h14-15,17,19H,7-13H2,1-6H3. The number of aliphatic hydroxyl groups excluding tert-OH is 1. The Morgan fingerprint density at radius 3 is 2.35 bits per heavy atom. The van der Waals surface area contributed by atoms with Gasteiger partial charge in [0.05, 0.1) is 13.2 Å². The number of nitrogens with zero attached hydrogens (tertiary/aromatic N) is 1. The van der Waals surface area contributed by atoms with Crippen LogP contribution in [0.4, 0.5) is 0 Å². The molecule has 2 atom stereocenters. The van der Waals surface area contributed by atoms with Gasteiger partial charge in [-0.1, -0.05) is 20.8 Å². The van der Waals surface area contributed by atoms with E-state index in [1.54, 1.807) is 7.11 Å². The fourth-order valence-electron chi connectivity index (χ4n) is 2.59. The van der Waals surface area contributed by atoms with E-state index < -0.39 is 0 Å². The third-order valence-electron chi connectivity index (χ3n) is 3.96. The molecule has 0 saturated carbocycles. The minimum absolute atomic E-state index is 0.170. The molecule has 0 aromatic heterocycles. The Kier molecular flexibility index (Phi) is 10.5. The number of ether oxygens (including phenoxy) is 1. The molecule has 0 aromatic rings. The number of hydrogen-bond acceptors (Lipinski definition) is 4. The molecule has 0 rings (SSSR count). The van der Waals surface area contributed by atoms with Crippen LogP contribution in [0.5, 0.6) is 0 Å². The third kappa shape index (κ3) is 8.20. The van der Waals surface area contributed by atoms with E-state index in [9.17, 15) is 5.11 Å². The summed E-state index contributed by atoms with van der Waals surface area (Å²) < 4.78 is 5.19. The Hall–Kier alpha value is -0.160. The van der Waals surface area contributed by atoms with Crippen molar-refractivity contribution in [3.63, 3.8) is 0 Å². The summed E-state index contributed by atoms with van der Waals surface area (Å²) in [6, 6.07) is 0.981. The van der Waals surface area contributed by atoms with Gasteiger partial charge in [0.25, 0.3) is 0 Å². The zero-order valence-corrected chi connectivity index (χ0v) is 14.4. The van der Waals surface area contributed by atoms with Crippen LogP contribution in [0.1, 0.15) is 53.9 Å². The second-order valence-corrected chi connectivity index (χ2v) is 6.41. The van der Waals surface area contributed by atoms with Crippen molar-refractivity contribution < 1.29 is 9.84 Å². The Morgan fingerprint density at radius 1 is 1.25 bits per heavy atom. The monoisotopic (exact) mass is 288 g/mol. The number of methoxy groups -OCH3 is 1. The van der Waals surface area contributed by atoms with Crippen molar-refractivity contribution in [2.24, 2.45) is 0 Å². The van der Waals surface area contributed by atoms with Crippen molar-refractivity contribution in [2.45, 2.75) is 71.5 Å². The second-order valence-electron chi connectivity index (χ2n) is 6.41. The molecule has 0 fully saturated rings. The Balaban J connectivity index is 4.25. The number of nitrogens with one attached hydrogen (secondary N) is 1. The van der Waals surface area contributed by atoms with Crippen molar-refractivity contribution in [1.82, 2.24) is 10.2 Å². The van der Waals surface area contributed by atoms with Crippen LogP contribution in [-0.4, -0.2) is 61.0 Å². The van der Waals surface area contributed by atoms with Crippen molar-refractivity contribution in [3.05, 3.63) is 0 Å². The van der Waals surface area contributed by atoms with E-state index in [0.717, 1.165) is 39.0 Å². The lowest BCUT2D eigenvalue weighted by atomic mass is 9.95. The minimum Gasteiger partial charge on any atom is -0.394 e. The van der Waals surface area contributed by atoms with Gasteiger partial charge in [-0.05, 0) is 39.7 Å². The van der Waals surface area contributed by atoms with Crippen LogP contribution in [0.2, 0.25) is 0 Å². The molecule has 0 aromatic carbocycles. The summed E-state index contributed by atoms with van der Waals surface area (Å²) in [7, 11) is 1.75. The van der Waals surface area contributed by atoms with Gasteiger partial charge in [0.2, 0.25) is 0 Å². The molecule has 122 valence electrons. The first kappa shape index (κ1) is 19.8. The van der Waals surface area contributed by atoms with E-state index in [1.807, 2.05) is 0 Å². The first-order valence-electron chi connectivity index (χ1n) is 8.00. The molecule has 0 radical (unpaired) electrons. The van der Waals surface area contributed by atoms with E-state index in [-0.39, 0.29) is 12.1 Å². The molecule has 0 spiro atoms. The summed E-state index contributed by atoms with van der Waals surface area (Å²) >= 11 is 0. The highest BCUT2D eigenvalue weighted by molar-refractivity contribution is 4.84. The maximum absolute atomic E-state index is 9.60. The molecule has 0 amide bonds. The van der Waals surface area contributed by atoms with Gasteiger partial charge in [-0.25, -0.2) is 0 Å². The lowest BCUT2D eigenvalue weighted by Gasteiger charge is -2.33. The van der Waals surface area contributed by atoms with Crippen LogP contribution in [0.15, 0.2) is 0 Å². The van der Waals surface area contributed by atoms with Gasteiger partial charge in [-0.2, -0.15) is 0 Å². The van der Waals surface area contributed by atoms with E-state index in [1.165, 1.54) is 0 Å². The summed E-state index contributed by atoms with van der Waals surface area (Å²) in [5, 5.41) is 13.1. The quantitative estimate of drug-likeness (QED) is 0.578. The lowest BCUT2D eigenvalue weighted by molar-refractivity contribution is 0.111. The molecule has 4 nitrogen and oxygen atoms in total. The van der Waals surface area contributed by atoms with Gasteiger partial charge in [0.15, 0.2) is 0 Å². The highest BCUT2D eigenvalue weighted by Crippen LogP contribution is 2.14. The third-order valence-corrected chi connectivity index (χ3v) is 3.96. The van der Waals surface area contributed by atoms with Gasteiger partial charge in [-0.3, -0.25) is 4.90 Å². The van der Waals surface area contributed by atoms with E-state index in [4.69, 9.17) is 4.74 Å². The van der Waals surface area contributed by atoms with Gasteiger partial charge >= 0.3 is 0 Å². The van der Waals surface area contributed by atoms with Crippen LogP contribution in [0.3, 0.4) is 0 Å². The van der Waals surface area contributed by atoms with Crippen LogP contribution in [0.25, 0.3) is 0 Å². The van der Waals surface area contributed by atoms with E-state index in [2.05, 4.69) is 44.8 Å². The fraction of sp³-hybridized carbons (Fsp3) is 1.00. The van der Waals surface area contributed by atoms with Crippen LogP contribution in [0, 0.1) is 0 Å². The molecule has 20 heavy (non-hydrogen) atoms. The molecule has 0 saturated heterocycles. The molecule has 0 heterocycles. The maximum atomic E-state index is 9.60. The minimum atomic E-state index is -0.170. The molecule has 0 aliphatic heterocycles. The SMILES string of the molecule is CCC(C)N(CCCC(C)(CO)NC(C)C)CCOC. The normalized spacial score (nSPS) is 16.6. The molecule has 0 aliphatic carbocycles. The summed E-state index contributed by atoms with van der Waals surface area (Å²) in [4.78, 5) is 2.48. The first-order valence-corrected chi connectivity index (χ1v) is 8.00. The van der Waals surface area contributed by atoms with E-state index >= 15 is 0 Å². The fourth-order valence-corrected chi connectivity index (χ4v) is 2.59. The molecule has 0 aliphatic rings. The summed E-state index contributed by atoms with van der Waals surface area (Å²) in [5.74, 6) is 0. The second kappa shape index (κ2) is 10.6. The first-order chi connectivity index (χ1) is 9.38.